The minimum Gasteiger partial charge on any atom is -0.339 e. The van der Waals surface area contributed by atoms with Crippen molar-refractivity contribution in [2.24, 2.45) is 0 Å². The van der Waals surface area contributed by atoms with Crippen molar-refractivity contribution in [3.8, 4) is 0 Å². The number of imide groups is 1. The molecule has 3 aromatic carbocycles. The van der Waals surface area contributed by atoms with Crippen molar-refractivity contribution in [1.29, 1.82) is 0 Å². The Morgan fingerprint density at radius 3 is 1.94 bits per heavy atom. The molecule has 3 aromatic rings. The van der Waals surface area contributed by atoms with Crippen LogP contribution in [-0.4, -0.2) is 18.9 Å². The third kappa shape index (κ3) is 3.77. The van der Waals surface area contributed by atoms with E-state index in [4.69, 9.17) is 0 Å². The summed E-state index contributed by atoms with van der Waals surface area (Å²) >= 11 is 0. The summed E-state index contributed by atoms with van der Waals surface area (Å²) in [7, 11) is 1.68. The topological polar surface area (TPSA) is 40.6 Å². The number of likely N-dealkylation sites (N-methyl/N-ethyl adjacent to an activating group) is 1. The lowest BCUT2D eigenvalue weighted by atomic mass is 10.0. The molecule has 32 heavy (non-hydrogen) atoms. The van der Waals surface area contributed by atoms with Crippen LogP contribution in [0, 0.1) is 6.92 Å². The molecule has 4 rings (SSSR count). The number of alkyl halides is 3. The highest BCUT2D eigenvalue weighted by atomic mass is 19.4. The molecule has 0 spiro atoms. The van der Waals surface area contributed by atoms with Crippen LogP contribution < -0.4 is 9.80 Å². The third-order valence-electron chi connectivity index (χ3n) is 5.33. The van der Waals surface area contributed by atoms with Crippen LogP contribution in [0.15, 0.2) is 84.6 Å². The summed E-state index contributed by atoms with van der Waals surface area (Å²) in [5.74, 6) is -1.19. The average molecular weight is 436 g/mol. The molecule has 1 aliphatic heterocycles. The molecule has 0 aliphatic carbocycles. The second-order valence-corrected chi connectivity index (χ2v) is 7.47. The van der Waals surface area contributed by atoms with Crippen LogP contribution in [0.5, 0.6) is 0 Å². The van der Waals surface area contributed by atoms with E-state index in [2.05, 4.69) is 0 Å². The normalized spacial score (nSPS) is 14.3. The maximum Gasteiger partial charge on any atom is 0.416 e. The Labute approximate surface area is 183 Å². The second-order valence-electron chi connectivity index (χ2n) is 7.47. The van der Waals surface area contributed by atoms with Crippen molar-refractivity contribution in [3.05, 3.63) is 101 Å². The van der Waals surface area contributed by atoms with Gasteiger partial charge in [-0.3, -0.25) is 9.59 Å². The maximum atomic E-state index is 13.4. The van der Waals surface area contributed by atoms with Gasteiger partial charge in [-0.25, -0.2) is 4.90 Å². The largest absolute Gasteiger partial charge is 0.416 e. The molecule has 0 unspecified atom stereocenters. The number of carbonyl (C=O) groups excluding carboxylic acids is 2. The monoisotopic (exact) mass is 436 g/mol. The Bertz CT molecular complexity index is 1200. The lowest BCUT2D eigenvalue weighted by Gasteiger charge is -2.21. The second kappa shape index (κ2) is 8.00. The quantitative estimate of drug-likeness (QED) is 0.512. The molecule has 0 N–H and O–H groups in total. The molecule has 162 valence electrons. The van der Waals surface area contributed by atoms with Gasteiger partial charge in [-0.15, -0.1) is 0 Å². The van der Waals surface area contributed by atoms with E-state index >= 15 is 0 Å². The van der Waals surface area contributed by atoms with Gasteiger partial charge >= 0.3 is 6.18 Å². The van der Waals surface area contributed by atoms with Crippen LogP contribution in [0.2, 0.25) is 0 Å². The fourth-order valence-corrected chi connectivity index (χ4v) is 3.62. The van der Waals surface area contributed by atoms with Crippen molar-refractivity contribution in [2.45, 2.75) is 13.1 Å². The van der Waals surface area contributed by atoms with Crippen LogP contribution in [0.25, 0.3) is 5.57 Å². The van der Waals surface area contributed by atoms with E-state index in [1.165, 1.54) is 0 Å². The summed E-state index contributed by atoms with van der Waals surface area (Å²) < 4.78 is 38.9. The molecule has 7 heteroatoms. The lowest BCUT2D eigenvalue weighted by molar-refractivity contribution is -0.137. The first-order valence-electron chi connectivity index (χ1n) is 9.84. The maximum absolute atomic E-state index is 13.4. The molecule has 0 aromatic heterocycles. The average Bonchev–Trinajstić information content (AvgIpc) is 3.04. The van der Waals surface area contributed by atoms with Gasteiger partial charge in [0, 0.05) is 12.7 Å². The molecular weight excluding hydrogens is 417 g/mol. The smallest absolute Gasteiger partial charge is 0.339 e. The van der Waals surface area contributed by atoms with E-state index in [9.17, 15) is 22.8 Å². The number of amides is 2. The molecule has 1 heterocycles. The van der Waals surface area contributed by atoms with Crippen LogP contribution in [0.3, 0.4) is 0 Å². The molecule has 0 atom stereocenters. The molecule has 0 radical (unpaired) electrons. The van der Waals surface area contributed by atoms with Gasteiger partial charge in [0.2, 0.25) is 0 Å². The highest BCUT2D eigenvalue weighted by molar-refractivity contribution is 6.46. The zero-order valence-electron chi connectivity index (χ0n) is 17.4. The van der Waals surface area contributed by atoms with Crippen LogP contribution in [-0.2, 0) is 15.8 Å². The lowest BCUT2D eigenvalue weighted by Crippen LogP contribution is -2.34. The molecule has 1 aliphatic rings. The van der Waals surface area contributed by atoms with Gasteiger partial charge in [0.25, 0.3) is 11.8 Å². The minimum absolute atomic E-state index is 0.0778. The highest BCUT2D eigenvalue weighted by Crippen LogP contribution is 2.37. The highest BCUT2D eigenvalue weighted by Gasteiger charge is 2.42. The first-order chi connectivity index (χ1) is 15.2. The summed E-state index contributed by atoms with van der Waals surface area (Å²) in [5.41, 5.74) is 1.82. The van der Waals surface area contributed by atoms with E-state index in [0.29, 0.717) is 11.3 Å². The predicted octanol–water partition coefficient (Wildman–Crippen LogP) is 5.43. The molecule has 0 bridgehead atoms. The number of aryl methyl sites for hydroxylation is 1. The van der Waals surface area contributed by atoms with Gasteiger partial charge in [-0.05, 0) is 48.9 Å². The Morgan fingerprint density at radius 1 is 0.781 bits per heavy atom. The zero-order valence-corrected chi connectivity index (χ0v) is 17.4. The molecular formula is C25H19F3N2O2. The summed E-state index contributed by atoms with van der Waals surface area (Å²) in [6, 6.07) is 20.2. The summed E-state index contributed by atoms with van der Waals surface area (Å²) in [4.78, 5) is 29.4. The molecule has 0 saturated heterocycles. The van der Waals surface area contributed by atoms with Gasteiger partial charge in [-0.1, -0.05) is 48.0 Å². The van der Waals surface area contributed by atoms with Gasteiger partial charge < -0.3 is 4.90 Å². The molecule has 4 nitrogen and oxygen atoms in total. The van der Waals surface area contributed by atoms with Crippen LogP contribution in [0.4, 0.5) is 24.5 Å². The van der Waals surface area contributed by atoms with Crippen molar-refractivity contribution in [1.82, 2.24) is 0 Å². The van der Waals surface area contributed by atoms with E-state index in [0.717, 1.165) is 34.7 Å². The summed E-state index contributed by atoms with van der Waals surface area (Å²) in [6.07, 6.45) is -4.51. The van der Waals surface area contributed by atoms with Gasteiger partial charge in [-0.2, -0.15) is 13.2 Å². The number of para-hydroxylation sites is 1. The third-order valence-corrected chi connectivity index (χ3v) is 5.33. The van der Waals surface area contributed by atoms with Crippen LogP contribution >= 0.6 is 0 Å². The number of anilines is 2. The van der Waals surface area contributed by atoms with E-state index in [1.807, 2.05) is 37.3 Å². The van der Waals surface area contributed by atoms with E-state index < -0.39 is 23.6 Å². The van der Waals surface area contributed by atoms with Gasteiger partial charge in [0.1, 0.15) is 5.70 Å². The van der Waals surface area contributed by atoms with Crippen LogP contribution in [0.1, 0.15) is 16.7 Å². The minimum atomic E-state index is -4.51. The van der Waals surface area contributed by atoms with E-state index in [1.54, 1.807) is 36.2 Å². The SMILES string of the molecule is Cc1ccc(C2=C(N(C)c3ccccc3)C(=O)N(c3ccc(C(F)(F)F)cc3)C2=O)cc1. The summed E-state index contributed by atoms with van der Waals surface area (Å²) in [6.45, 7) is 1.91. The molecule has 2 amide bonds. The number of benzene rings is 3. The number of carbonyl (C=O) groups is 2. The number of rotatable bonds is 4. The number of hydrogen-bond donors (Lipinski definition) is 0. The fourth-order valence-electron chi connectivity index (χ4n) is 3.62. The Kier molecular flexibility index (Phi) is 5.34. The Balaban J connectivity index is 1.82. The first kappa shape index (κ1) is 21.4. The zero-order chi connectivity index (χ0) is 23.0. The van der Waals surface area contributed by atoms with Gasteiger partial charge in [0.15, 0.2) is 0 Å². The number of nitrogens with zero attached hydrogens (tertiary/aromatic N) is 2. The van der Waals surface area contributed by atoms with E-state index in [-0.39, 0.29) is 17.0 Å². The molecule has 0 fully saturated rings. The van der Waals surface area contributed by atoms with Crippen molar-refractivity contribution in [2.75, 3.05) is 16.8 Å². The van der Waals surface area contributed by atoms with Gasteiger partial charge in [0.05, 0.1) is 16.8 Å². The Hall–Kier alpha value is -3.87. The predicted molar refractivity (Wildman–Crippen MR) is 117 cm³/mol. The van der Waals surface area contributed by atoms with Crippen molar-refractivity contribution < 1.29 is 22.8 Å². The summed E-state index contributed by atoms with van der Waals surface area (Å²) in [5, 5.41) is 0. The first-order valence-corrected chi connectivity index (χ1v) is 9.84. The molecule has 0 saturated carbocycles. The fraction of sp³-hybridized carbons (Fsp3) is 0.120. The Morgan fingerprint density at radius 2 is 1.38 bits per heavy atom. The van der Waals surface area contributed by atoms with Crippen molar-refractivity contribution >= 4 is 28.8 Å². The van der Waals surface area contributed by atoms with Crippen molar-refractivity contribution in [3.63, 3.8) is 0 Å². The number of halogens is 3. The standard InChI is InChI=1S/C25H19F3N2O2/c1-16-8-10-17(11-9-16)21-22(29(2)19-6-4-3-5-7-19)24(32)30(23(21)31)20-14-12-18(13-15-20)25(26,27)28/h3-15H,1-2H3. The number of hydrogen-bond acceptors (Lipinski definition) is 3.